The Morgan fingerprint density at radius 3 is 1.51 bits per heavy atom. The molecule has 1 heterocycles. The number of fused-ring (bicyclic) bond motifs is 7. The van der Waals surface area contributed by atoms with Crippen molar-refractivity contribution < 1.29 is 4.42 Å². The molecule has 0 N–H and O–H groups in total. The van der Waals surface area contributed by atoms with E-state index in [0.29, 0.717) is 0 Å². The Bertz CT molecular complexity index is 3220. The van der Waals surface area contributed by atoms with Crippen molar-refractivity contribution in [1.29, 1.82) is 0 Å². The molecule has 1 heteroatoms. The molecular weight excluding hydrogens is 641 g/mol. The summed E-state index contributed by atoms with van der Waals surface area (Å²) in [5.41, 5.74) is 11.6. The van der Waals surface area contributed by atoms with Gasteiger partial charge in [-0.1, -0.05) is 170 Å². The fourth-order valence-corrected chi connectivity index (χ4v) is 8.70. The van der Waals surface area contributed by atoms with Gasteiger partial charge in [0.1, 0.15) is 11.2 Å². The van der Waals surface area contributed by atoms with Crippen LogP contribution in [0.15, 0.2) is 199 Å². The van der Waals surface area contributed by atoms with E-state index in [1.54, 1.807) is 0 Å². The van der Waals surface area contributed by atoms with Gasteiger partial charge in [-0.05, 0) is 112 Å². The number of hydrogen-bond acceptors (Lipinski definition) is 1. The summed E-state index contributed by atoms with van der Waals surface area (Å²) in [6.45, 7) is 0. The Kier molecular flexibility index (Phi) is 6.62. The molecule has 246 valence electrons. The molecule has 53 heavy (non-hydrogen) atoms. The first kappa shape index (κ1) is 29.7. The molecule has 0 atom stereocenters. The van der Waals surface area contributed by atoms with Crippen molar-refractivity contribution in [3.8, 4) is 44.5 Å². The molecule has 0 saturated heterocycles. The van der Waals surface area contributed by atoms with Crippen molar-refractivity contribution in [2.75, 3.05) is 0 Å². The average molecular weight is 673 g/mol. The normalized spacial score (nSPS) is 11.8. The van der Waals surface area contributed by atoms with Crippen LogP contribution in [0.5, 0.6) is 0 Å². The monoisotopic (exact) mass is 672 g/mol. The molecule has 11 aromatic rings. The van der Waals surface area contributed by atoms with Gasteiger partial charge in [0.2, 0.25) is 0 Å². The van der Waals surface area contributed by atoms with Gasteiger partial charge in [-0.15, -0.1) is 0 Å². The van der Waals surface area contributed by atoms with Gasteiger partial charge in [0.15, 0.2) is 0 Å². The fraction of sp³-hybridized carbons (Fsp3) is 0. The molecule has 0 aliphatic carbocycles. The maximum Gasteiger partial charge on any atom is 0.135 e. The molecule has 0 amide bonds. The van der Waals surface area contributed by atoms with Crippen molar-refractivity contribution >= 4 is 65.0 Å². The predicted molar refractivity (Wildman–Crippen MR) is 225 cm³/mol. The van der Waals surface area contributed by atoms with Gasteiger partial charge in [-0.3, -0.25) is 0 Å². The van der Waals surface area contributed by atoms with Crippen molar-refractivity contribution in [2.24, 2.45) is 0 Å². The highest BCUT2D eigenvalue weighted by Gasteiger charge is 2.21. The highest BCUT2D eigenvalue weighted by molar-refractivity contribution is 6.24. The Hall–Kier alpha value is -6.96. The van der Waals surface area contributed by atoms with Crippen LogP contribution in [0.25, 0.3) is 110 Å². The van der Waals surface area contributed by atoms with Crippen LogP contribution in [-0.4, -0.2) is 0 Å². The molecule has 0 saturated carbocycles. The zero-order chi connectivity index (χ0) is 34.9. The lowest BCUT2D eigenvalue weighted by Gasteiger charge is -2.21. The van der Waals surface area contributed by atoms with Crippen LogP contribution in [0.4, 0.5) is 0 Å². The molecule has 0 aliphatic heterocycles. The van der Waals surface area contributed by atoms with Gasteiger partial charge in [0.05, 0.1) is 0 Å². The Morgan fingerprint density at radius 2 is 0.736 bits per heavy atom. The average Bonchev–Trinajstić information content (AvgIpc) is 3.60. The highest BCUT2D eigenvalue weighted by Crippen LogP contribution is 2.48. The predicted octanol–water partition coefficient (Wildman–Crippen LogP) is 14.9. The topological polar surface area (TPSA) is 13.1 Å². The smallest absolute Gasteiger partial charge is 0.135 e. The van der Waals surface area contributed by atoms with Crippen LogP contribution in [0, 0.1) is 0 Å². The lowest BCUT2D eigenvalue weighted by Crippen LogP contribution is -1.94. The zero-order valence-corrected chi connectivity index (χ0v) is 28.9. The first-order valence-corrected chi connectivity index (χ1v) is 18.3. The van der Waals surface area contributed by atoms with Crippen molar-refractivity contribution in [2.45, 2.75) is 0 Å². The van der Waals surface area contributed by atoms with E-state index in [0.717, 1.165) is 21.9 Å². The quantitative estimate of drug-likeness (QED) is 0.170. The molecular formula is C52H32O. The van der Waals surface area contributed by atoms with E-state index in [2.05, 4.69) is 188 Å². The van der Waals surface area contributed by atoms with E-state index in [1.807, 2.05) is 6.07 Å². The fourth-order valence-electron chi connectivity index (χ4n) is 8.70. The second-order valence-electron chi connectivity index (χ2n) is 14.0. The standard InChI is InChI=1S/C52H32O/c1-3-17-37-33(13-1)15-11-24-39(37)35-27-29-46-48(31-35)51(36-28-30-50-47(32-36)42-20-9-10-26-49(42)53-50)44-22-7-8-23-45(44)52(46)43-21-6-5-19-41(43)40-25-12-16-34-14-2-4-18-38(34)40/h1-32H. The molecule has 0 aliphatic rings. The Balaban J connectivity index is 1.27. The van der Waals surface area contributed by atoms with E-state index in [-0.39, 0.29) is 0 Å². The molecule has 0 radical (unpaired) electrons. The summed E-state index contributed by atoms with van der Waals surface area (Å²) in [7, 11) is 0. The molecule has 11 rings (SSSR count). The summed E-state index contributed by atoms with van der Waals surface area (Å²) in [6.07, 6.45) is 0. The molecule has 0 spiro atoms. The summed E-state index contributed by atoms with van der Waals surface area (Å²) in [4.78, 5) is 0. The minimum atomic E-state index is 0.903. The van der Waals surface area contributed by atoms with Crippen LogP contribution >= 0.6 is 0 Å². The summed E-state index contributed by atoms with van der Waals surface area (Å²) >= 11 is 0. The summed E-state index contributed by atoms with van der Waals surface area (Å²) in [6, 6.07) is 70.8. The lowest BCUT2D eigenvalue weighted by molar-refractivity contribution is 0.669. The summed E-state index contributed by atoms with van der Waals surface area (Å²) in [5.74, 6) is 0. The van der Waals surface area contributed by atoms with Crippen LogP contribution in [0.1, 0.15) is 0 Å². The minimum Gasteiger partial charge on any atom is -0.456 e. The first-order valence-electron chi connectivity index (χ1n) is 18.3. The van der Waals surface area contributed by atoms with Gasteiger partial charge >= 0.3 is 0 Å². The van der Waals surface area contributed by atoms with E-state index < -0.39 is 0 Å². The SMILES string of the molecule is c1ccc(-c2c3ccccc3c(-c3ccc4oc5ccccc5c4c3)c3cc(-c4cccc5ccccc45)ccc23)c(-c2cccc3ccccc23)c1. The second-order valence-corrected chi connectivity index (χ2v) is 14.0. The van der Waals surface area contributed by atoms with Crippen LogP contribution in [0.3, 0.4) is 0 Å². The second kappa shape index (κ2) is 11.8. The van der Waals surface area contributed by atoms with Gasteiger partial charge < -0.3 is 4.42 Å². The molecule has 0 fully saturated rings. The van der Waals surface area contributed by atoms with E-state index in [4.69, 9.17) is 4.42 Å². The Labute approximate surface area is 307 Å². The molecule has 10 aromatic carbocycles. The third kappa shape index (κ3) is 4.64. The number of para-hydroxylation sites is 1. The third-order valence-corrected chi connectivity index (χ3v) is 11.1. The molecule has 0 unspecified atom stereocenters. The van der Waals surface area contributed by atoms with E-state index >= 15 is 0 Å². The number of hydrogen-bond donors (Lipinski definition) is 0. The van der Waals surface area contributed by atoms with Gasteiger partial charge in [0, 0.05) is 10.8 Å². The number of furan rings is 1. The van der Waals surface area contributed by atoms with Crippen molar-refractivity contribution in [3.05, 3.63) is 194 Å². The molecule has 1 aromatic heterocycles. The maximum absolute atomic E-state index is 6.30. The van der Waals surface area contributed by atoms with Crippen LogP contribution < -0.4 is 0 Å². The maximum atomic E-state index is 6.30. The number of benzene rings is 10. The highest BCUT2D eigenvalue weighted by atomic mass is 16.3. The largest absolute Gasteiger partial charge is 0.456 e. The molecule has 1 nitrogen and oxygen atoms in total. The summed E-state index contributed by atoms with van der Waals surface area (Å²) in [5, 5.41) is 12.2. The Morgan fingerprint density at radius 1 is 0.245 bits per heavy atom. The number of rotatable bonds is 4. The van der Waals surface area contributed by atoms with Gasteiger partial charge in [-0.25, -0.2) is 0 Å². The summed E-state index contributed by atoms with van der Waals surface area (Å²) < 4.78 is 6.30. The van der Waals surface area contributed by atoms with E-state index in [1.165, 1.54) is 87.6 Å². The third-order valence-electron chi connectivity index (χ3n) is 11.1. The molecule has 0 bridgehead atoms. The zero-order valence-electron chi connectivity index (χ0n) is 28.9. The van der Waals surface area contributed by atoms with Gasteiger partial charge in [0.25, 0.3) is 0 Å². The van der Waals surface area contributed by atoms with Crippen molar-refractivity contribution in [3.63, 3.8) is 0 Å². The minimum absolute atomic E-state index is 0.903. The van der Waals surface area contributed by atoms with Crippen LogP contribution in [0.2, 0.25) is 0 Å². The van der Waals surface area contributed by atoms with Crippen LogP contribution in [-0.2, 0) is 0 Å². The van der Waals surface area contributed by atoms with Gasteiger partial charge in [-0.2, -0.15) is 0 Å². The first-order chi connectivity index (χ1) is 26.3. The van der Waals surface area contributed by atoms with Crippen molar-refractivity contribution in [1.82, 2.24) is 0 Å². The van der Waals surface area contributed by atoms with E-state index in [9.17, 15) is 0 Å². The lowest BCUT2D eigenvalue weighted by atomic mass is 9.82.